The van der Waals surface area contributed by atoms with Gasteiger partial charge in [0, 0.05) is 0 Å². The largest absolute Gasteiger partial charge is 0.490 e. The van der Waals surface area contributed by atoms with Crippen LogP contribution >= 0.6 is 24.0 Å². The summed E-state index contributed by atoms with van der Waals surface area (Å²) >= 11 is 6.70. The number of anilines is 1. The van der Waals surface area contributed by atoms with E-state index >= 15 is 0 Å². The van der Waals surface area contributed by atoms with Gasteiger partial charge in [0.05, 0.1) is 17.2 Å². The molecule has 1 aliphatic rings. The number of nitrogens with zero attached hydrogens (tertiary/aromatic N) is 1. The molecule has 0 atom stereocenters. The predicted octanol–water partition coefficient (Wildman–Crippen LogP) is 4.57. The number of rotatable bonds is 7. The van der Waals surface area contributed by atoms with Gasteiger partial charge in [-0.15, -0.1) is 0 Å². The molecule has 0 radical (unpaired) electrons. The number of hydrogen-bond acceptors (Lipinski definition) is 6. The summed E-state index contributed by atoms with van der Waals surface area (Å²) in [5.41, 5.74) is 3.60. The molecule has 8 heteroatoms. The van der Waals surface area contributed by atoms with Crippen LogP contribution in [-0.2, 0) is 9.59 Å². The number of carbonyl (C=O) groups is 2. The van der Waals surface area contributed by atoms with E-state index in [1.54, 1.807) is 29.2 Å². The lowest BCUT2D eigenvalue weighted by Gasteiger charge is -2.17. The van der Waals surface area contributed by atoms with Crippen LogP contribution in [0.1, 0.15) is 23.6 Å². The summed E-state index contributed by atoms with van der Waals surface area (Å²) in [6.07, 6.45) is 1.74. The molecule has 1 saturated heterocycles. The summed E-state index contributed by atoms with van der Waals surface area (Å²) in [5, 5.41) is 8.81. The second kappa shape index (κ2) is 9.32. The molecule has 2 aromatic rings. The van der Waals surface area contributed by atoms with Crippen molar-refractivity contribution in [2.24, 2.45) is 0 Å². The summed E-state index contributed by atoms with van der Waals surface area (Å²) in [5.74, 6) is -0.505. The number of carbonyl (C=O) groups excluding carboxylic acids is 1. The van der Waals surface area contributed by atoms with E-state index in [1.165, 1.54) is 11.8 Å². The number of ether oxygens (including phenoxy) is 2. The number of hydrogen-bond donors (Lipinski definition) is 1. The van der Waals surface area contributed by atoms with Crippen molar-refractivity contribution in [2.45, 2.75) is 20.8 Å². The first-order valence-corrected chi connectivity index (χ1v) is 10.5. The van der Waals surface area contributed by atoms with E-state index in [4.69, 9.17) is 26.8 Å². The molecule has 0 aromatic heterocycles. The molecule has 0 unspecified atom stereocenters. The molecule has 1 fully saturated rings. The van der Waals surface area contributed by atoms with E-state index in [9.17, 15) is 9.59 Å². The molecule has 2 aromatic carbocycles. The van der Waals surface area contributed by atoms with Crippen molar-refractivity contribution in [3.63, 3.8) is 0 Å². The van der Waals surface area contributed by atoms with Gasteiger partial charge in [0.2, 0.25) is 0 Å². The fraction of sp³-hybridized carbons (Fsp3) is 0.227. The van der Waals surface area contributed by atoms with Crippen molar-refractivity contribution in [2.75, 3.05) is 18.1 Å². The second-order valence-corrected chi connectivity index (χ2v) is 8.30. The van der Waals surface area contributed by atoms with Crippen molar-refractivity contribution >= 4 is 51.9 Å². The zero-order valence-corrected chi connectivity index (χ0v) is 18.4. The molecule has 1 N–H and O–H groups in total. The summed E-state index contributed by atoms with van der Waals surface area (Å²) < 4.78 is 11.3. The lowest BCUT2D eigenvalue weighted by Crippen LogP contribution is -2.28. The zero-order chi connectivity index (χ0) is 21.8. The molecule has 156 valence electrons. The smallest absolute Gasteiger partial charge is 0.341 e. The Morgan fingerprint density at radius 1 is 1.17 bits per heavy atom. The zero-order valence-electron chi connectivity index (χ0n) is 16.8. The SMILES string of the molecule is CCOc1cc(/C=C2\SC(=S)N(c3ccc(C)cc3C)C2=O)ccc1OCC(=O)O. The Balaban J connectivity index is 1.89. The third-order valence-electron chi connectivity index (χ3n) is 4.30. The molecular formula is C22H21NO5S2. The molecule has 30 heavy (non-hydrogen) atoms. The summed E-state index contributed by atoms with van der Waals surface area (Å²) in [6.45, 7) is 5.70. The van der Waals surface area contributed by atoms with Crippen LogP contribution in [0.15, 0.2) is 41.3 Å². The van der Waals surface area contributed by atoms with Crippen LogP contribution in [0.4, 0.5) is 5.69 Å². The Bertz CT molecular complexity index is 1050. The number of amides is 1. The van der Waals surface area contributed by atoms with E-state index in [0.717, 1.165) is 22.4 Å². The lowest BCUT2D eigenvalue weighted by molar-refractivity contribution is -0.139. The highest BCUT2D eigenvalue weighted by Gasteiger charge is 2.34. The second-order valence-electron chi connectivity index (χ2n) is 6.63. The molecule has 0 spiro atoms. The summed E-state index contributed by atoms with van der Waals surface area (Å²) in [7, 11) is 0. The van der Waals surface area contributed by atoms with Crippen molar-refractivity contribution in [3.8, 4) is 11.5 Å². The normalized spacial score (nSPS) is 15.0. The number of aryl methyl sites for hydroxylation is 2. The number of carboxylic acids is 1. The first kappa shape index (κ1) is 21.9. The Morgan fingerprint density at radius 2 is 1.93 bits per heavy atom. The molecule has 0 aliphatic carbocycles. The van der Waals surface area contributed by atoms with Gasteiger partial charge in [-0.3, -0.25) is 9.69 Å². The van der Waals surface area contributed by atoms with Crippen molar-refractivity contribution in [1.29, 1.82) is 0 Å². The maximum Gasteiger partial charge on any atom is 0.341 e. The molecular weight excluding hydrogens is 422 g/mol. The third kappa shape index (κ3) is 4.83. The topological polar surface area (TPSA) is 76.1 Å². The minimum absolute atomic E-state index is 0.180. The maximum atomic E-state index is 13.0. The van der Waals surface area contributed by atoms with E-state index in [2.05, 4.69) is 0 Å². The van der Waals surface area contributed by atoms with Gasteiger partial charge >= 0.3 is 5.97 Å². The van der Waals surface area contributed by atoms with Crippen LogP contribution in [0.2, 0.25) is 0 Å². The van der Waals surface area contributed by atoms with E-state index in [1.807, 2.05) is 39.0 Å². The highest BCUT2D eigenvalue weighted by Crippen LogP contribution is 2.38. The summed E-state index contributed by atoms with van der Waals surface area (Å²) in [4.78, 5) is 25.9. The number of thioether (sulfide) groups is 1. The van der Waals surface area contributed by atoms with Crippen molar-refractivity contribution in [1.82, 2.24) is 0 Å². The van der Waals surface area contributed by atoms with Crippen LogP contribution < -0.4 is 14.4 Å². The van der Waals surface area contributed by atoms with E-state index in [-0.39, 0.29) is 5.91 Å². The van der Waals surface area contributed by atoms with Gasteiger partial charge in [0.1, 0.15) is 0 Å². The van der Waals surface area contributed by atoms with E-state index in [0.29, 0.717) is 27.3 Å². The van der Waals surface area contributed by atoms with Gasteiger partial charge < -0.3 is 14.6 Å². The van der Waals surface area contributed by atoms with Crippen LogP contribution in [0.25, 0.3) is 6.08 Å². The first-order valence-electron chi connectivity index (χ1n) is 9.26. The fourth-order valence-electron chi connectivity index (χ4n) is 3.02. The molecule has 0 bridgehead atoms. The Hall–Kier alpha value is -2.84. The average Bonchev–Trinajstić information content (AvgIpc) is 2.95. The van der Waals surface area contributed by atoms with Gasteiger partial charge in [-0.2, -0.15) is 0 Å². The van der Waals surface area contributed by atoms with Gasteiger partial charge in [-0.25, -0.2) is 4.79 Å². The van der Waals surface area contributed by atoms with Crippen LogP contribution in [-0.4, -0.2) is 34.5 Å². The number of carboxylic acid groups (broad SMARTS) is 1. The number of benzene rings is 2. The standard InChI is InChI=1S/C22H21NO5S2/c1-4-27-18-10-15(6-8-17(18)28-12-20(24)25)11-19-21(26)23(22(29)30-19)16-7-5-13(2)9-14(16)3/h5-11H,4,12H2,1-3H3,(H,24,25)/b19-11-. The van der Waals surface area contributed by atoms with Gasteiger partial charge in [-0.05, 0) is 56.2 Å². The summed E-state index contributed by atoms with van der Waals surface area (Å²) in [6, 6.07) is 11.0. The number of aliphatic carboxylic acids is 1. The molecule has 6 nitrogen and oxygen atoms in total. The highest BCUT2D eigenvalue weighted by molar-refractivity contribution is 8.27. The van der Waals surface area contributed by atoms with Crippen LogP contribution in [0.5, 0.6) is 11.5 Å². The van der Waals surface area contributed by atoms with E-state index < -0.39 is 12.6 Å². The molecule has 1 aliphatic heterocycles. The van der Waals surface area contributed by atoms with Gasteiger partial charge in [0.25, 0.3) is 5.91 Å². The minimum Gasteiger partial charge on any atom is -0.490 e. The average molecular weight is 444 g/mol. The van der Waals surface area contributed by atoms with Crippen LogP contribution in [0, 0.1) is 13.8 Å². The fourth-order valence-corrected chi connectivity index (χ4v) is 4.31. The lowest BCUT2D eigenvalue weighted by atomic mass is 10.1. The molecule has 1 amide bonds. The van der Waals surface area contributed by atoms with Crippen LogP contribution in [0.3, 0.4) is 0 Å². The first-order chi connectivity index (χ1) is 14.3. The highest BCUT2D eigenvalue weighted by atomic mass is 32.2. The minimum atomic E-state index is -1.07. The maximum absolute atomic E-state index is 13.0. The quantitative estimate of drug-likeness (QED) is 0.496. The van der Waals surface area contributed by atoms with Crippen molar-refractivity contribution in [3.05, 3.63) is 58.0 Å². The molecule has 0 saturated carbocycles. The third-order valence-corrected chi connectivity index (χ3v) is 5.61. The van der Waals surface area contributed by atoms with Gasteiger partial charge in [0.15, 0.2) is 22.4 Å². The van der Waals surface area contributed by atoms with Crippen molar-refractivity contribution < 1.29 is 24.2 Å². The Labute approximate surface area is 184 Å². The molecule has 1 heterocycles. The predicted molar refractivity (Wildman–Crippen MR) is 122 cm³/mol. The molecule has 3 rings (SSSR count). The Morgan fingerprint density at radius 3 is 2.60 bits per heavy atom. The monoisotopic (exact) mass is 443 g/mol. The number of thiocarbonyl (C=S) groups is 1. The van der Waals surface area contributed by atoms with Gasteiger partial charge in [-0.1, -0.05) is 47.7 Å². The Kier molecular flexibility index (Phi) is 6.79.